The second-order valence-corrected chi connectivity index (χ2v) is 3.88. The third kappa shape index (κ3) is 1.87. The Hall–Kier alpha value is -1.23. The fourth-order valence-electron chi connectivity index (χ4n) is 1.40. The number of hydrogen-bond acceptors (Lipinski definition) is 2. The van der Waals surface area contributed by atoms with E-state index in [1.807, 2.05) is 6.92 Å². The quantitative estimate of drug-likeness (QED) is 0.743. The van der Waals surface area contributed by atoms with E-state index in [0.29, 0.717) is 10.9 Å². The molecule has 0 spiro atoms. The van der Waals surface area contributed by atoms with Crippen LogP contribution in [0.3, 0.4) is 0 Å². The minimum absolute atomic E-state index is 0.0709. The van der Waals surface area contributed by atoms with Crippen LogP contribution in [0.4, 0.5) is 18.9 Å². The molecule has 0 saturated heterocycles. The predicted molar refractivity (Wildman–Crippen MR) is 56.7 cm³/mol. The summed E-state index contributed by atoms with van der Waals surface area (Å²) < 4.78 is 36.9. The zero-order valence-electron chi connectivity index (χ0n) is 8.29. The summed E-state index contributed by atoms with van der Waals surface area (Å²) in [5.74, 6) is 0. The summed E-state index contributed by atoms with van der Waals surface area (Å²) >= 11 is 5.68. The third-order valence-corrected chi connectivity index (χ3v) is 2.77. The summed E-state index contributed by atoms with van der Waals surface area (Å²) in [7, 11) is 0. The predicted octanol–water partition coefficient (Wildman–Crippen LogP) is 3.47. The molecule has 0 aliphatic carbocycles. The number of nitrogens with zero attached hydrogens (tertiary/aromatic N) is 2. The normalized spacial score (nSPS) is 20.4. The second-order valence-electron chi connectivity index (χ2n) is 3.49. The maximum absolute atomic E-state index is 12.3. The van der Waals surface area contributed by atoms with Gasteiger partial charge in [-0.05, 0) is 31.2 Å². The monoisotopic (exact) mass is 248 g/mol. The summed E-state index contributed by atoms with van der Waals surface area (Å²) in [5, 5.41) is 5.93. The summed E-state index contributed by atoms with van der Waals surface area (Å²) in [6.07, 6.45) is -4.31. The molecule has 1 aromatic rings. The molecule has 1 aliphatic heterocycles. The van der Waals surface area contributed by atoms with Crippen LogP contribution in [-0.4, -0.2) is 11.2 Å². The summed E-state index contributed by atoms with van der Waals surface area (Å²) in [6, 6.07) is 4.75. The van der Waals surface area contributed by atoms with E-state index in [1.54, 1.807) is 5.01 Å². The summed E-state index contributed by atoms with van der Waals surface area (Å²) in [4.78, 5) is 0. The van der Waals surface area contributed by atoms with Gasteiger partial charge in [0, 0.05) is 0 Å². The highest BCUT2D eigenvalue weighted by molar-refractivity contribution is 6.68. The maximum atomic E-state index is 12.3. The van der Waals surface area contributed by atoms with Gasteiger partial charge < -0.3 is 0 Å². The Bertz CT molecular complexity index is 425. The topological polar surface area (TPSA) is 15.6 Å². The Morgan fingerprint density at radius 3 is 2.19 bits per heavy atom. The van der Waals surface area contributed by atoms with Crippen molar-refractivity contribution in [2.75, 3.05) is 5.01 Å². The fourth-order valence-corrected chi connectivity index (χ4v) is 1.58. The van der Waals surface area contributed by atoms with Crippen molar-refractivity contribution in [3.05, 3.63) is 29.8 Å². The zero-order chi connectivity index (χ0) is 11.9. The Kier molecular flexibility index (Phi) is 2.58. The number of hydrazone groups is 1. The Morgan fingerprint density at radius 1 is 1.25 bits per heavy atom. The lowest BCUT2D eigenvalue weighted by atomic mass is 10.1. The van der Waals surface area contributed by atoms with Crippen molar-refractivity contribution in [1.82, 2.24) is 0 Å². The van der Waals surface area contributed by atoms with E-state index in [0.717, 1.165) is 12.1 Å². The van der Waals surface area contributed by atoms with Crippen molar-refractivity contribution >= 4 is 22.5 Å². The molecule has 0 amide bonds. The number of benzene rings is 1. The highest BCUT2D eigenvalue weighted by atomic mass is 35.5. The molecule has 0 fully saturated rings. The van der Waals surface area contributed by atoms with Crippen molar-refractivity contribution in [3.63, 3.8) is 0 Å². The maximum Gasteiger partial charge on any atom is 0.416 e. The van der Waals surface area contributed by atoms with Crippen LogP contribution in [0.2, 0.25) is 0 Å². The first-order valence-corrected chi connectivity index (χ1v) is 4.98. The van der Waals surface area contributed by atoms with E-state index >= 15 is 0 Å². The molecular weight excluding hydrogens is 241 g/mol. The molecule has 1 unspecified atom stereocenters. The van der Waals surface area contributed by atoms with Crippen LogP contribution in [0.1, 0.15) is 12.5 Å². The SMILES string of the molecule is CC1C(Cl)=NN1c1ccc(C(F)(F)F)cc1. The molecule has 2 rings (SSSR count). The van der Waals surface area contributed by atoms with Crippen molar-refractivity contribution in [2.45, 2.75) is 19.1 Å². The van der Waals surface area contributed by atoms with Crippen LogP contribution in [0, 0.1) is 0 Å². The van der Waals surface area contributed by atoms with Crippen molar-refractivity contribution in [3.8, 4) is 0 Å². The van der Waals surface area contributed by atoms with Crippen LogP contribution in [0.15, 0.2) is 29.4 Å². The first-order chi connectivity index (χ1) is 7.39. The molecule has 0 bridgehead atoms. The Labute approximate surface area is 95.3 Å². The number of hydrogen-bond donors (Lipinski definition) is 0. The molecular formula is C10H8ClF3N2. The first-order valence-electron chi connectivity index (χ1n) is 4.60. The highest BCUT2D eigenvalue weighted by Crippen LogP contribution is 2.32. The Balaban J connectivity index is 2.21. The fraction of sp³-hybridized carbons (Fsp3) is 0.300. The minimum Gasteiger partial charge on any atom is -0.255 e. The lowest BCUT2D eigenvalue weighted by Crippen LogP contribution is -2.42. The van der Waals surface area contributed by atoms with Gasteiger partial charge in [-0.25, -0.2) is 0 Å². The molecule has 1 aromatic carbocycles. The molecule has 0 N–H and O–H groups in total. The van der Waals surface area contributed by atoms with Crippen LogP contribution in [-0.2, 0) is 6.18 Å². The number of rotatable bonds is 1. The van der Waals surface area contributed by atoms with E-state index in [4.69, 9.17) is 11.6 Å². The summed E-state index contributed by atoms with van der Waals surface area (Å²) in [5.41, 5.74) is -0.0654. The van der Waals surface area contributed by atoms with Crippen molar-refractivity contribution in [1.29, 1.82) is 0 Å². The highest BCUT2D eigenvalue weighted by Gasteiger charge is 2.31. The van der Waals surface area contributed by atoms with Crippen molar-refractivity contribution in [2.24, 2.45) is 5.10 Å². The second kappa shape index (κ2) is 3.66. The van der Waals surface area contributed by atoms with Gasteiger partial charge in [-0.2, -0.15) is 18.3 Å². The molecule has 86 valence electrons. The largest absolute Gasteiger partial charge is 0.416 e. The van der Waals surface area contributed by atoms with Gasteiger partial charge in [-0.3, -0.25) is 5.01 Å². The molecule has 6 heteroatoms. The van der Waals surface area contributed by atoms with Crippen LogP contribution in [0.25, 0.3) is 0 Å². The van der Waals surface area contributed by atoms with Gasteiger partial charge in [0.25, 0.3) is 0 Å². The number of anilines is 1. The molecule has 0 radical (unpaired) electrons. The molecule has 1 atom stereocenters. The third-order valence-electron chi connectivity index (χ3n) is 2.37. The van der Waals surface area contributed by atoms with E-state index in [1.165, 1.54) is 12.1 Å². The van der Waals surface area contributed by atoms with E-state index in [2.05, 4.69) is 5.10 Å². The van der Waals surface area contributed by atoms with E-state index < -0.39 is 11.7 Å². The zero-order valence-corrected chi connectivity index (χ0v) is 9.05. The molecule has 2 nitrogen and oxygen atoms in total. The van der Waals surface area contributed by atoms with Gasteiger partial charge in [-0.1, -0.05) is 11.6 Å². The average Bonchev–Trinajstić information content (AvgIpc) is 2.24. The van der Waals surface area contributed by atoms with Gasteiger partial charge in [0.2, 0.25) is 0 Å². The smallest absolute Gasteiger partial charge is 0.255 e. The lowest BCUT2D eigenvalue weighted by molar-refractivity contribution is -0.137. The Morgan fingerprint density at radius 2 is 1.81 bits per heavy atom. The van der Waals surface area contributed by atoms with Gasteiger partial charge >= 0.3 is 6.18 Å². The van der Waals surface area contributed by atoms with E-state index in [-0.39, 0.29) is 6.04 Å². The number of halogens is 4. The van der Waals surface area contributed by atoms with Crippen molar-refractivity contribution < 1.29 is 13.2 Å². The minimum atomic E-state index is -4.31. The standard InChI is InChI=1S/C10H8ClF3N2/c1-6-9(11)15-16(6)8-4-2-7(3-5-8)10(12,13)14/h2-6H,1H3. The molecule has 0 saturated carbocycles. The van der Waals surface area contributed by atoms with Crippen LogP contribution in [0.5, 0.6) is 0 Å². The average molecular weight is 249 g/mol. The summed E-state index contributed by atoms with van der Waals surface area (Å²) in [6.45, 7) is 1.83. The first kappa shape index (κ1) is 11.3. The molecule has 0 aromatic heterocycles. The van der Waals surface area contributed by atoms with Gasteiger partial charge in [-0.15, -0.1) is 0 Å². The number of alkyl halides is 3. The lowest BCUT2D eigenvalue weighted by Gasteiger charge is -2.33. The van der Waals surface area contributed by atoms with Gasteiger partial charge in [0.05, 0.1) is 11.3 Å². The van der Waals surface area contributed by atoms with Crippen LogP contribution < -0.4 is 5.01 Å². The molecule has 1 aliphatic rings. The van der Waals surface area contributed by atoms with E-state index in [9.17, 15) is 13.2 Å². The van der Waals surface area contributed by atoms with Crippen LogP contribution >= 0.6 is 11.6 Å². The molecule has 1 heterocycles. The van der Waals surface area contributed by atoms with Gasteiger partial charge in [0.15, 0.2) is 5.17 Å². The van der Waals surface area contributed by atoms with Gasteiger partial charge in [0.1, 0.15) is 6.04 Å². The molecule has 16 heavy (non-hydrogen) atoms.